The van der Waals surface area contributed by atoms with E-state index in [2.05, 4.69) is 16.8 Å². The molecule has 3 nitrogen and oxygen atoms in total. The quantitative estimate of drug-likeness (QED) is 0.456. The van der Waals surface area contributed by atoms with Crippen molar-refractivity contribution in [3.8, 4) is 0 Å². The highest BCUT2D eigenvalue weighted by Gasteiger charge is 2.05. The molecule has 1 aromatic heterocycles. The molecule has 0 radical (unpaired) electrons. The Morgan fingerprint density at radius 1 is 1.38 bits per heavy atom. The molecule has 7 heteroatoms. The Morgan fingerprint density at radius 2 is 2.06 bits per heavy atom. The third-order valence-corrected chi connectivity index (χ3v) is 5.76. The summed E-state index contributed by atoms with van der Waals surface area (Å²) >= 11 is 6.14. The second kappa shape index (κ2) is 7.37. The number of aromatic nitrogens is 2. The van der Waals surface area contributed by atoms with Gasteiger partial charge in [-0.05, 0) is 18.8 Å². The van der Waals surface area contributed by atoms with Crippen LogP contribution < -0.4 is 0 Å². The molecule has 0 unspecified atom stereocenters. The molecule has 1 heterocycles. The van der Waals surface area contributed by atoms with Crippen LogP contribution in [0.2, 0.25) is 0 Å². The van der Waals surface area contributed by atoms with Crippen LogP contribution in [0.3, 0.4) is 0 Å². The molecule has 0 saturated heterocycles. The predicted molar refractivity (Wildman–Crippen MR) is 74.7 cm³/mol. The third kappa shape index (κ3) is 4.90. The first-order chi connectivity index (χ1) is 7.63. The summed E-state index contributed by atoms with van der Waals surface area (Å²) in [5, 5.41) is 8.11. The van der Waals surface area contributed by atoms with Crippen LogP contribution in [0.4, 0.5) is 0 Å². The van der Waals surface area contributed by atoms with Crippen molar-refractivity contribution in [1.82, 2.24) is 10.2 Å². The standard InChI is InChI=1S/C9H12N2OS4/c1-6(2)7(12)14-4-5-15-9-11-10-8(13-3)16-9/h1,4-5H2,2-3H3. The minimum Gasteiger partial charge on any atom is -0.282 e. The van der Waals surface area contributed by atoms with E-state index in [4.69, 9.17) is 0 Å². The molecule has 1 rings (SSSR count). The fraction of sp³-hybridized carbons (Fsp3) is 0.444. The monoisotopic (exact) mass is 292 g/mol. The zero-order valence-electron chi connectivity index (χ0n) is 9.06. The molecule has 0 fully saturated rings. The van der Waals surface area contributed by atoms with Gasteiger partial charge in [-0.25, -0.2) is 0 Å². The van der Waals surface area contributed by atoms with Crippen molar-refractivity contribution in [2.75, 3.05) is 17.8 Å². The highest BCUT2D eigenvalue weighted by Crippen LogP contribution is 2.27. The van der Waals surface area contributed by atoms with Crippen molar-refractivity contribution in [1.29, 1.82) is 0 Å². The number of hydrogen-bond donors (Lipinski definition) is 0. The number of carbonyl (C=O) groups is 1. The maximum Gasteiger partial charge on any atom is 0.214 e. The molecule has 0 aliphatic carbocycles. The van der Waals surface area contributed by atoms with E-state index in [9.17, 15) is 4.79 Å². The summed E-state index contributed by atoms with van der Waals surface area (Å²) in [5.41, 5.74) is 0.607. The topological polar surface area (TPSA) is 42.9 Å². The summed E-state index contributed by atoms with van der Waals surface area (Å²) in [7, 11) is 0. The zero-order chi connectivity index (χ0) is 12.0. The summed E-state index contributed by atoms with van der Waals surface area (Å²) < 4.78 is 1.95. The van der Waals surface area contributed by atoms with E-state index >= 15 is 0 Å². The van der Waals surface area contributed by atoms with Crippen LogP contribution in [0.25, 0.3) is 0 Å². The van der Waals surface area contributed by atoms with Gasteiger partial charge in [-0.3, -0.25) is 4.79 Å². The molecule has 0 spiro atoms. The Kier molecular flexibility index (Phi) is 6.48. The Labute approximate surface area is 112 Å². The van der Waals surface area contributed by atoms with Gasteiger partial charge in [-0.1, -0.05) is 53.2 Å². The van der Waals surface area contributed by atoms with E-state index in [1.165, 1.54) is 11.8 Å². The number of nitrogens with zero attached hydrogens (tertiary/aromatic N) is 2. The van der Waals surface area contributed by atoms with Crippen LogP contribution in [0, 0.1) is 0 Å². The van der Waals surface area contributed by atoms with Crippen LogP contribution in [0.15, 0.2) is 20.8 Å². The molecule has 0 aliphatic heterocycles. The molecule has 0 bridgehead atoms. The lowest BCUT2D eigenvalue weighted by molar-refractivity contribution is -0.107. The van der Waals surface area contributed by atoms with Crippen molar-refractivity contribution in [3.05, 3.63) is 12.2 Å². The SMILES string of the molecule is C=C(C)C(=O)SCCSc1nnc(SC)s1. The van der Waals surface area contributed by atoms with E-state index in [0.717, 1.165) is 20.2 Å². The lowest BCUT2D eigenvalue weighted by atomic mass is 10.4. The van der Waals surface area contributed by atoms with Crippen LogP contribution in [-0.2, 0) is 4.79 Å². The van der Waals surface area contributed by atoms with Gasteiger partial charge in [0.05, 0.1) is 0 Å². The minimum absolute atomic E-state index is 0.0719. The maximum atomic E-state index is 11.2. The van der Waals surface area contributed by atoms with E-state index in [1.54, 1.807) is 41.8 Å². The fourth-order valence-corrected chi connectivity index (χ4v) is 3.98. The molecule has 0 aliphatic rings. The highest BCUT2D eigenvalue weighted by atomic mass is 32.2. The van der Waals surface area contributed by atoms with E-state index in [0.29, 0.717) is 5.57 Å². The Hall–Kier alpha value is 0.0200. The first-order valence-corrected chi connectivity index (χ1v) is 8.47. The molecule has 0 N–H and O–H groups in total. The van der Waals surface area contributed by atoms with Gasteiger partial charge >= 0.3 is 0 Å². The predicted octanol–water partition coefficient (Wildman–Crippen LogP) is 3.19. The Morgan fingerprint density at radius 3 is 2.62 bits per heavy atom. The molecule has 0 amide bonds. The van der Waals surface area contributed by atoms with Crippen LogP contribution in [-0.4, -0.2) is 33.1 Å². The average Bonchev–Trinajstić information content (AvgIpc) is 2.71. The zero-order valence-corrected chi connectivity index (χ0v) is 12.3. The molecular weight excluding hydrogens is 280 g/mol. The summed E-state index contributed by atoms with van der Waals surface area (Å²) in [6, 6.07) is 0. The molecule has 88 valence electrons. The van der Waals surface area contributed by atoms with Gasteiger partial charge in [0, 0.05) is 11.5 Å². The first kappa shape index (κ1) is 14.1. The number of rotatable bonds is 6. The molecular formula is C9H12N2OS4. The number of carbonyl (C=O) groups excluding carboxylic acids is 1. The van der Waals surface area contributed by atoms with Gasteiger partial charge in [0.15, 0.2) is 8.68 Å². The highest BCUT2D eigenvalue weighted by molar-refractivity contribution is 8.14. The van der Waals surface area contributed by atoms with Crippen molar-refractivity contribution >= 4 is 51.7 Å². The van der Waals surface area contributed by atoms with Crippen molar-refractivity contribution in [2.24, 2.45) is 0 Å². The maximum absolute atomic E-state index is 11.2. The summed E-state index contributed by atoms with van der Waals surface area (Å²) in [5.74, 6) is 1.65. The molecule has 0 atom stereocenters. The molecule has 16 heavy (non-hydrogen) atoms. The normalized spacial score (nSPS) is 10.4. The van der Waals surface area contributed by atoms with Crippen molar-refractivity contribution in [3.63, 3.8) is 0 Å². The van der Waals surface area contributed by atoms with E-state index in [1.807, 2.05) is 6.26 Å². The smallest absolute Gasteiger partial charge is 0.214 e. The largest absolute Gasteiger partial charge is 0.282 e. The van der Waals surface area contributed by atoms with Crippen LogP contribution >= 0.6 is 46.6 Å². The van der Waals surface area contributed by atoms with Gasteiger partial charge in [-0.2, -0.15) is 0 Å². The Bertz CT molecular complexity index is 377. The second-order valence-corrected chi connectivity index (χ2v) is 7.24. The first-order valence-electron chi connectivity index (χ1n) is 4.46. The minimum atomic E-state index is 0.0719. The van der Waals surface area contributed by atoms with Crippen LogP contribution in [0.5, 0.6) is 0 Å². The average molecular weight is 292 g/mol. The van der Waals surface area contributed by atoms with Gasteiger partial charge in [0.1, 0.15) is 0 Å². The van der Waals surface area contributed by atoms with Crippen molar-refractivity contribution in [2.45, 2.75) is 15.6 Å². The van der Waals surface area contributed by atoms with Gasteiger partial charge in [0.25, 0.3) is 0 Å². The number of thioether (sulfide) groups is 3. The van der Waals surface area contributed by atoms with E-state index in [-0.39, 0.29) is 5.12 Å². The summed E-state index contributed by atoms with van der Waals surface area (Å²) in [6.45, 7) is 5.34. The summed E-state index contributed by atoms with van der Waals surface area (Å²) in [6.07, 6.45) is 1.98. The van der Waals surface area contributed by atoms with Crippen molar-refractivity contribution < 1.29 is 4.79 Å². The van der Waals surface area contributed by atoms with Crippen LogP contribution in [0.1, 0.15) is 6.92 Å². The van der Waals surface area contributed by atoms with E-state index < -0.39 is 0 Å². The summed E-state index contributed by atoms with van der Waals surface area (Å²) in [4.78, 5) is 11.2. The number of hydrogen-bond acceptors (Lipinski definition) is 7. The second-order valence-electron chi connectivity index (χ2n) is 2.80. The third-order valence-electron chi connectivity index (χ3n) is 1.45. The lowest BCUT2D eigenvalue weighted by Gasteiger charge is -1.97. The Balaban J connectivity index is 2.20. The van der Waals surface area contributed by atoms with Gasteiger partial charge in [0.2, 0.25) is 5.12 Å². The lowest BCUT2D eigenvalue weighted by Crippen LogP contribution is -1.95. The van der Waals surface area contributed by atoms with Gasteiger partial charge in [-0.15, -0.1) is 10.2 Å². The molecule has 0 aromatic carbocycles. The fourth-order valence-electron chi connectivity index (χ4n) is 0.725. The van der Waals surface area contributed by atoms with Gasteiger partial charge < -0.3 is 0 Å². The molecule has 0 saturated carbocycles. The molecule has 1 aromatic rings.